The van der Waals surface area contributed by atoms with Crippen molar-refractivity contribution in [2.75, 3.05) is 0 Å². The number of hydrogen-bond donors (Lipinski definition) is 2. The van der Waals surface area contributed by atoms with Gasteiger partial charge in [-0.05, 0) is 24.5 Å². The van der Waals surface area contributed by atoms with E-state index in [0.717, 1.165) is 23.7 Å². The Morgan fingerprint density at radius 3 is 2.74 bits per heavy atom. The summed E-state index contributed by atoms with van der Waals surface area (Å²) < 4.78 is 1.86. The highest BCUT2D eigenvalue weighted by atomic mass is 15.4. The van der Waals surface area contributed by atoms with Crippen LogP contribution in [0.2, 0.25) is 0 Å². The number of para-hydroxylation sites is 1. The van der Waals surface area contributed by atoms with Gasteiger partial charge in [0.2, 0.25) is 0 Å². The molecular formula is C14H19N5. The molecule has 5 heteroatoms. The lowest BCUT2D eigenvalue weighted by atomic mass is 9.80. The van der Waals surface area contributed by atoms with Crippen molar-refractivity contribution < 1.29 is 0 Å². The molecule has 2 aromatic rings. The minimum Gasteiger partial charge on any atom is -0.271 e. The zero-order chi connectivity index (χ0) is 13.1. The fourth-order valence-corrected chi connectivity index (χ4v) is 2.59. The van der Waals surface area contributed by atoms with Crippen molar-refractivity contribution in [3.05, 3.63) is 42.2 Å². The number of aromatic nitrogens is 3. The zero-order valence-electron chi connectivity index (χ0n) is 10.9. The molecule has 3 rings (SSSR count). The van der Waals surface area contributed by atoms with E-state index in [1.54, 1.807) is 6.20 Å². The van der Waals surface area contributed by atoms with Gasteiger partial charge in [-0.15, -0.1) is 5.10 Å². The Labute approximate surface area is 112 Å². The number of nitrogens with zero attached hydrogens (tertiary/aromatic N) is 3. The maximum atomic E-state index is 5.72. The van der Waals surface area contributed by atoms with Crippen LogP contribution in [0.3, 0.4) is 0 Å². The molecule has 19 heavy (non-hydrogen) atoms. The first kappa shape index (κ1) is 12.3. The van der Waals surface area contributed by atoms with Crippen LogP contribution in [0.15, 0.2) is 36.5 Å². The van der Waals surface area contributed by atoms with Gasteiger partial charge in [0.15, 0.2) is 0 Å². The summed E-state index contributed by atoms with van der Waals surface area (Å²) in [6, 6.07) is 10.1. The molecule has 1 heterocycles. The number of rotatable bonds is 5. The highest BCUT2D eigenvalue weighted by molar-refractivity contribution is 5.32. The maximum absolute atomic E-state index is 5.72. The fourth-order valence-electron chi connectivity index (χ4n) is 2.59. The van der Waals surface area contributed by atoms with E-state index in [0.29, 0.717) is 0 Å². The highest BCUT2D eigenvalue weighted by Gasteiger charge is 2.25. The minimum absolute atomic E-state index is 0.112. The summed E-state index contributed by atoms with van der Waals surface area (Å²) in [5.41, 5.74) is 4.96. The van der Waals surface area contributed by atoms with Crippen molar-refractivity contribution in [2.45, 2.75) is 31.7 Å². The lowest BCUT2D eigenvalue weighted by Gasteiger charge is -2.29. The summed E-state index contributed by atoms with van der Waals surface area (Å²) in [7, 11) is 0. The van der Waals surface area contributed by atoms with Gasteiger partial charge in [0.25, 0.3) is 0 Å². The monoisotopic (exact) mass is 257 g/mol. The van der Waals surface area contributed by atoms with Gasteiger partial charge >= 0.3 is 0 Å². The average molecular weight is 257 g/mol. The highest BCUT2D eigenvalue weighted by Crippen LogP contribution is 2.34. The van der Waals surface area contributed by atoms with E-state index in [1.165, 1.54) is 19.3 Å². The number of nitrogens with two attached hydrogens (primary N) is 1. The van der Waals surface area contributed by atoms with Crippen LogP contribution >= 0.6 is 0 Å². The first-order valence-corrected chi connectivity index (χ1v) is 6.80. The third-order valence-electron chi connectivity index (χ3n) is 3.93. The van der Waals surface area contributed by atoms with Crippen LogP contribution in [0.4, 0.5) is 0 Å². The van der Waals surface area contributed by atoms with Crippen molar-refractivity contribution in [2.24, 2.45) is 11.8 Å². The Morgan fingerprint density at radius 2 is 2.11 bits per heavy atom. The van der Waals surface area contributed by atoms with Gasteiger partial charge in [0, 0.05) is 0 Å². The van der Waals surface area contributed by atoms with E-state index >= 15 is 0 Å². The van der Waals surface area contributed by atoms with Gasteiger partial charge < -0.3 is 0 Å². The second-order valence-electron chi connectivity index (χ2n) is 5.16. The van der Waals surface area contributed by atoms with Crippen LogP contribution < -0.4 is 11.3 Å². The molecule has 0 aliphatic heterocycles. The lowest BCUT2D eigenvalue weighted by Crippen LogP contribution is -2.32. The summed E-state index contributed by atoms with van der Waals surface area (Å²) in [6.45, 7) is 0. The molecule has 1 atom stereocenters. The van der Waals surface area contributed by atoms with Gasteiger partial charge in [-0.25, -0.2) is 4.68 Å². The van der Waals surface area contributed by atoms with Gasteiger partial charge in [-0.3, -0.25) is 11.3 Å². The van der Waals surface area contributed by atoms with Crippen molar-refractivity contribution in [3.63, 3.8) is 0 Å². The first-order chi connectivity index (χ1) is 9.38. The van der Waals surface area contributed by atoms with E-state index in [2.05, 4.69) is 15.7 Å². The van der Waals surface area contributed by atoms with Crippen molar-refractivity contribution in [1.29, 1.82) is 0 Å². The maximum Gasteiger partial charge on any atom is 0.0828 e. The standard InChI is InChI=1S/C14H19N5/c15-17-13(9-11-5-4-6-11)14-10-16-18-19(14)12-7-2-1-3-8-12/h1-3,7-8,10-11,13,17H,4-6,9,15H2. The molecule has 1 saturated carbocycles. The Hall–Kier alpha value is -1.72. The first-order valence-electron chi connectivity index (χ1n) is 6.80. The molecule has 0 saturated heterocycles. The third kappa shape index (κ3) is 2.52. The molecular weight excluding hydrogens is 238 g/mol. The summed E-state index contributed by atoms with van der Waals surface area (Å²) in [5, 5.41) is 8.21. The number of benzene rings is 1. The predicted molar refractivity (Wildman–Crippen MR) is 73.4 cm³/mol. The molecule has 0 spiro atoms. The Morgan fingerprint density at radius 1 is 1.32 bits per heavy atom. The fraction of sp³-hybridized carbons (Fsp3) is 0.429. The average Bonchev–Trinajstić information content (AvgIpc) is 2.88. The molecule has 0 amide bonds. The normalized spacial score (nSPS) is 17.1. The van der Waals surface area contributed by atoms with E-state index < -0.39 is 0 Å². The topological polar surface area (TPSA) is 68.8 Å². The molecule has 1 fully saturated rings. The molecule has 0 radical (unpaired) electrons. The zero-order valence-corrected chi connectivity index (χ0v) is 10.9. The van der Waals surface area contributed by atoms with Crippen molar-refractivity contribution in [3.8, 4) is 5.69 Å². The summed E-state index contributed by atoms with van der Waals surface area (Å²) >= 11 is 0. The molecule has 1 aliphatic carbocycles. The van der Waals surface area contributed by atoms with Crippen LogP contribution in [0, 0.1) is 5.92 Å². The van der Waals surface area contributed by atoms with E-state index in [4.69, 9.17) is 5.84 Å². The number of nitrogens with one attached hydrogen (secondary N) is 1. The lowest BCUT2D eigenvalue weighted by molar-refractivity contribution is 0.258. The van der Waals surface area contributed by atoms with Gasteiger partial charge in [-0.2, -0.15) is 0 Å². The molecule has 0 bridgehead atoms. The molecule has 5 nitrogen and oxygen atoms in total. The largest absolute Gasteiger partial charge is 0.271 e. The molecule has 100 valence electrons. The summed E-state index contributed by atoms with van der Waals surface area (Å²) in [4.78, 5) is 0. The van der Waals surface area contributed by atoms with Gasteiger partial charge in [0.1, 0.15) is 0 Å². The second kappa shape index (κ2) is 5.50. The van der Waals surface area contributed by atoms with E-state index in [1.807, 2.05) is 35.0 Å². The number of hydrazine groups is 1. The summed E-state index contributed by atoms with van der Waals surface area (Å²) in [6.07, 6.45) is 6.82. The molecule has 1 aromatic carbocycles. The molecule has 1 unspecified atom stereocenters. The predicted octanol–water partition coefficient (Wildman–Crippen LogP) is 1.96. The van der Waals surface area contributed by atoms with Crippen LogP contribution in [-0.2, 0) is 0 Å². The van der Waals surface area contributed by atoms with Crippen LogP contribution in [0.25, 0.3) is 5.69 Å². The molecule has 1 aliphatic rings. The Balaban J connectivity index is 1.85. The molecule has 1 aromatic heterocycles. The third-order valence-corrected chi connectivity index (χ3v) is 3.93. The van der Waals surface area contributed by atoms with Crippen molar-refractivity contribution >= 4 is 0 Å². The number of hydrogen-bond acceptors (Lipinski definition) is 4. The molecule has 3 N–H and O–H groups in total. The van der Waals surface area contributed by atoms with Crippen LogP contribution in [0.1, 0.15) is 37.4 Å². The van der Waals surface area contributed by atoms with Gasteiger partial charge in [-0.1, -0.05) is 42.7 Å². The quantitative estimate of drug-likeness (QED) is 0.634. The van der Waals surface area contributed by atoms with E-state index in [9.17, 15) is 0 Å². The minimum atomic E-state index is 0.112. The Kier molecular flexibility index (Phi) is 3.57. The van der Waals surface area contributed by atoms with Crippen LogP contribution in [0.5, 0.6) is 0 Å². The Bertz CT molecular complexity index is 518. The van der Waals surface area contributed by atoms with Crippen molar-refractivity contribution in [1.82, 2.24) is 20.4 Å². The summed E-state index contributed by atoms with van der Waals surface area (Å²) in [5.74, 6) is 6.50. The van der Waals surface area contributed by atoms with E-state index in [-0.39, 0.29) is 6.04 Å². The SMILES string of the molecule is NNC(CC1CCC1)c1cnnn1-c1ccccc1. The van der Waals surface area contributed by atoms with Gasteiger partial charge in [0.05, 0.1) is 23.6 Å². The van der Waals surface area contributed by atoms with Crippen LogP contribution in [-0.4, -0.2) is 15.0 Å². The smallest absolute Gasteiger partial charge is 0.0828 e. The second-order valence-corrected chi connectivity index (χ2v) is 5.16.